The number of nitrogens with zero attached hydrogens (tertiary/aromatic N) is 2. The molecule has 2 heterocycles. The highest BCUT2D eigenvalue weighted by atomic mass is 35.5. The van der Waals surface area contributed by atoms with Gasteiger partial charge in [-0.25, -0.2) is 4.98 Å². The van der Waals surface area contributed by atoms with Crippen molar-refractivity contribution in [2.24, 2.45) is 0 Å². The fourth-order valence-corrected chi connectivity index (χ4v) is 4.57. The second-order valence-corrected chi connectivity index (χ2v) is 8.66. The van der Waals surface area contributed by atoms with E-state index >= 15 is 0 Å². The Kier molecular flexibility index (Phi) is 8.02. The predicted molar refractivity (Wildman–Crippen MR) is 129 cm³/mol. The van der Waals surface area contributed by atoms with Gasteiger partial charge in [0, 0.05) is 30.5 Å². The standard InChI is InChI=1S/C26H30ClN3O3/c1-32-23-12-6-4-10-20(23)22(30-15-7-2-8-16-30)17-28-25(31)13-14-26-29-18-24(33-26)19-9-3-5-11-21(19)27/h3-6,9-12,18,22H,2,7-8,13-17H2,1H3,(H,28,31). The van der Waals surface area contributed by atoms with Crippen molar-refractivity contribution < 1.29 is 13.9 Å². The minimum atomic E-state index is -0.0237. The van der Waals surface area contributed by atoms with E-state index in [0.717, 1.165) is 30.0 Å². The number of rotatable bonds is 9. The number of aryl methyl sites for hydroxylation is 1. The number of amides is 1. The molecule has 0 aliphatic carbocycles. The van der Waals surface area contributed by atoms with Crippen molar-refractivity contribution >= 4 is 17.5 Å². The van der Waals surface area contributed by atoms with Crippen LogP contribution in [0.4, 0.5) is 0 Å². The lowest BCUT2D eigenvalue weighted by Gasteiger charge is -2.35. The molecule has 1 fully saturated rings. The molecule has 0 spiro atoms. The lowest BCUT2D eigenvalue weighted by atomic mass is 10.0. The van der Waals surface area contributed by atoms with Crippen LogP contribution in [0.3, 0.4) is 0 Å². The first kappa shape index (κ1) is 23.3. The van der Waals surface area contributed by atoms with E-state index < -0.39 is 0 Å². The van der Waals surface area contributed by atoms with E-state index in [1.807, 2.05) is 42.5 Å². The Balaban J connectivity index is 1.36. The van der Waals surface area contributed by atoms with Crippen LogP contribution in [0.25, 0.3) is 11.3 Å². The van der Waals surface area contributed by atoms with Gasteiger partial charge in [-0.15, -0.1) is 0 Å². The number of oxazole rings is 1. The number of methoxy groups -OCH3 is 1. The molecule has 3 aromatic rings. The number of nitrogens with one attached hydrogen (secondary N) is 1. The van der Waals surface area contributed by atoms with Gasteiger partial charge < -0.3 is 14.5 Å². The lowest BCUT2D eigenvalue weighted by Crippen LogP contribution is -2.40. The highest BCUT2D eigenvalue weighted by molar-refractivity contribution is 6.33. The van der Waals surface area contributed by atoms with Gasteiger partial charge in [0.05, 0.1) is 24.4 Å². The van der Waals surface area contributed by atoms with Crippen molar-refractivity contribution in [3.05, 3.63) is 71.2 Å². The summed E-state index contributed by atoms with van der Waals surface area (Å²) in [4.78, 5) is 19.4. The number of para-hydroxylation sites is 1. The molecular weight excluding hydrogens is 438 g/mol. The van der Waals surface area contributed by atoms with Gasteiger partial charge in [0.2, 0.25) is 5.91 Å². The number of carbonyl (C=O) groups excluding carboxylic acids is 1. The molecule has 1 aromatic heterocycles. The van der Waals surface area contributed by atoms with Gasteiger partial charge in [0.25, 0.3) is 0 Å². The number of ether oxygens (including phenoxy) is 1. The Hall–Kier alpha value is -2.83. The first-order chi connectivity index (χ1) is 16.2. The quantitative estimate of drug-likeness (QED) is 0.463. The topological polar surface area (TPSA) is 67.6 Å². The molecule has 0 bridgehead atoms. The number of carbonyl (C=O) groups is 1. The summed E-state index contributed by atoms with van der Waals surface area (Å²) in [5.41, 5.74) is 1.91. The smallest absolute Gasteiger partial charge is 0.220 e. The van der Waals surface area contributed by atoms with Crippen molar-refractivity contribution in [1.29, 1.82) is 0 Å². The minimum Gasteiger partial charge on any atom is -0.496 e. The molecule has 0 radical (unpaired) electrons. The number of piperidine rings is 1. The van der Waals surface area contributed by atoms with Crippen LogP contribution < -0.4 is 10.1 Å². The summed E-state index contributed by atoms with van der Waals surface area (Å²) in [6.45, 7) is 2.59. The highest BCUT2D eigenvalue weighted by Gasteiger charge is 2.25. The summed E-state index contributed by atoms with van der Waals surface area (Å²) >= 11 is 6.24. The fourth-order valence-electron chi connectivity index (χ4n) is 4.34. The maximum Gasteiger partial charge on any atom is 0.220 e. The second kappa shape index (κ2) is 11.3. The molecule has 33 heavy (non-hydrogen) atoms. The first-order valence-electron chi connectivity index (χ1n) is 11.5. The van der Waals surface area contributed by atoms with Crippen molar-refractivity contribution in [3.63, 3.8) is 0 Å². The monoisotopic (exact) mass is 467 g/mol. The zero-order chi connectivity index (χ0) is 23.0. The van der Waals surface area contributed by atoms with Crippen LogP contribution in [-0.4, -0.2) is 42.5 Å². The zero-order valence-corrected chi connectivity index (χ0v) is 19.7. The van der Waals surface area contributed by atoms with Gasteiger partial charge in [0.1, 0.15) is 5.75 Å². The normalized spacial score (nSPS) is 15.2. The van der Waals surface area contributed by atoms with E-state index in [4.69, 9.17) is 20.8 Å². The molecule has 174 valence electrons. The molecule has 6 nitrogen and oxygen atoms in total. The summed E-state index contributed by atoms with van der Waals surface area (Å²) in [5, 5.41) is 3.73. The van der Waals surface area contributed by atoms with Crippen LogP contribution >= 0.6 is 11.6 Å². The average molecular weight is 468 g/mol. The van der Waals surface area contributed by atoms with E-state index in [9.17, 15) is 4.79 Å². The molecule has 0 saturated carbocycles. The maximum absolute atomic E-state index is 12.7. The number of benzene rings is 2. The number of likely N-dealkylation sites (tertiary alicyclic amines) is 1. The highest BCUT2D eigenvalue weighted by Crippen LogP contribution is 2.31. The van der Waals surface area contributed by atoms with E-state index in [1.54, 1.807) is 13.3 Å². The Morgan fingerprint density at radius 1 is 1.15 bits per heavy atom. The molecule has 1 saturated heterocycles. The van der Waals surface area contributed by atoms with Crippen LogP contribution in [0.2, 0.25) is 5.02 Å². The van der Waals surface area contributed by atoms with Gasteiger partial charge in [-0.3, -0.25) is 9.69 Å². The number of halogens is 1. The van der Waals surface area contributed by atoms with Crippen molar-refractivity contribution in [3.8, 4) is 17.1 Å². The van der Waals surface area contributed by atoms with E-state index in [1.165, 1.54) is 19.3 Å². The number of aromatic nitrogens is 1. The lowest BCUT2D eigenvalue weighted by molar-refractivity contribution is -0.121. The Labute approximate surface area is 199 Å². The number of hydrogen-bond donors (Lipinski definition) is 1. The first-order valence-corrected chi connectivity index (χ1v) is 11.9. The van der Waals surface area contributed by atoms with E-state index in [0.29, 0.717) is 36.1 Å². The molecule has 1 N–H and O–H groups in total. The van der Waals surface area contributed by atoms with Crippen molar-refractivity contribution in [1.82, 2.24) is 15.2 Å². The third-order valence-electron chi connectivity index (χ3n) is 6.08. The molecule has 1 aliphatic rings. The molecule has 1 unspecified atom stereocenters. The van der Waals surface area contributed by atoms with Gasteiger partial charge >= 0.3 is 0 Å². The third kappa shape index (κ3) is 5.95. The minimum absolute atomic E-state index is 0.0237. The predicted octanol–water partition coefficient (Wildman–Crippen LogP) is 5.28. The van der Waals surface area contributed by atoms with Crippen LogP contribution in [0.15, 0.2) is 59.1 Å². The number of hydrogen-bond acceptors (Lipinski definition) is 5. The van der Waals surface area contributed by atoms with Crippen LogP contribution in [0.1, 0.15) is 43.2 Å². The molecule has 4 rings (SSSR count). The Morgan fingerprint density at radius 2 is 1.91 bits per heavy atom. The largest absolute Gasteiger partial charge is 0.496 e. The van der Waals surface area contributed by atoms with E-state index in [2.05, 4.69) is 21.3 Å². The maximum atomic E-state index is 12.7. The average Bonchev–Trinajstić information content (AvgIpc) is 3.33. The fraction of sp³-hybridized carbons (Fsp3) is 0.385. The van der Waals surface area contributed by atoms with Crippen molar-refractivity contribution in [2.75, 3.05) is 26.7 Å². The van der Waals surface area contributed by atoms with Crippen molar-refractivity contribution in [2.45, 2.75) is 38.1 Å². The molecule has 2 aromatic carbocycles. The van der Waals surface area contributed by atoms with Gasteiger partial charge in [0.15, 0.2) is 11.7 Å². The van der Waals surface area contributed by atoms with Crippen LogP contribution in [0, 0.1) is 0 Å². The second-order valence-electron chi connectivity index (χ2n) is 8.26. The molecule has 1 aliphatic heterocycles. The van der Waals surface area contributed by atoms with Crippen LogP contribution in [0.5, 0.6) is 5.75 Å². The van der Waals surface area contributed by atoms with Gasteiger partial charge in [-0.1, -0.05) is 48.4 Å². The summed E-state index contributed by atoms with van der Waals surface area (Å²) in [5.74, 6) is 1.97. The van der Waals surface area contributed by atoms with Crippen LogP contribution in [-0.2, 0) is 11.2 Å². The Bertz CT molecular complexity index is 1060. The molecule has 7 heteroatoms. The summed E-state index contributed by atoms with van der Waals surface area (Å²) in [6, 6.07) is 15.6. The zero-order valence-electron chi connectivity index (χ0n) is 18.9. The van der Waals surface area contributed by atoms with Gasteiger partial charge in [-0.05, 0) is 44.1 Å². The summed E-state index contributed by atoms with van der Waals surface area (Å²) in [6.07, 6.45) is 6.01. The molecule has 1 atom stereocenters. The summed E-state index contributed by atoms with van der Waals surface area (Å²) < 4.78 is 11.4. The molecular formula is C26H30ClN3O3. The Morgan fingerprint density at radius 3 is 2.70 bits per heavy atom. The SMILES string of the molecule is COc1ccccc1C(CNC(=O)CCc1ncc(-c2ccccc2Cl)o1)N1CCCCC1. The van der Waals surface area contributed by atoms with Gasteiger partial charge in [-0.2, -0.15) is 0 Å². The van der Waals surface area contributed by atoms with E-state index in [-0.39, 0.29) is 11.9 Å². The summed E-state index contributed by atoms with van der Waals surface area (Å²) in [7, 11) is 1.69. The third-order valence-corrected chi connectivity index (χ3v) is 6.41. The molecule has 1 amide bonds.